The first-order chi connectivity index (χ1) is 11.0. The van der Waals surface area contributed by atoms with Gasteiger partial charge in [-0.15, -0.1) is 0 Å². The summed E-state index contributed by atoms with van der Waals surface area (Å²) in [6.07, 6.45) is 2.16. The molecular formula is C15H27NaO8S. The van der Waals surface area contributed by atoms with Gasteiger partial charge in [-0.3, -0.25) is 4.55 Å². The van der Waals surface area contributed by atoms with Gasteiger partial charge in [0.15, 0.2) is 5.60 Å². The van der Waals surface area contributed by atoms with E-state index in [-0.39, 0.29) is 54.9 Å². The first-order valence-electron chi connectivity index (χ1n) is 8.08. The summed E-state index contributed by atoms with van der Waals surface area (Å²) in [5, 5.41) is 21.3. The van der Waals surface area contributed by atoms with Crippen molar-refractivity contribution in [3.8, 4) is 0 Å². The summed E-state index contributed by atoms with van der Waals surface area (Å²) in [6, 6.07) is 0. The van der Waals surface area contributed by atoms with Gasteiger partial charge in [-0.25, -0.2) is 4.79 Å². The monoisotopic (exact) mass is 390 g/mol. The van der Waals surface area contributed by atoms with Crippen LogP contribution >= 0.6 is 0 Å². The van der Waals surface area contributed by atoms with Crippen LogP contribution in [0, 0.1) is 5.92 Å². The van der Waals surface area contributed by atoms with E-state index in [1.807, 2.05) is 13.8 Å². The zero-order valence-corrected chi connectivity index (χ0v) is 18.0. The molecule has 0 saturated carbocycles. The first kappa shape index (κ1) is 27.0. The summed E-state index contributed by atoms with van der Waals surface area (Å²) in [5.74, 6) is -3.32. The van der Waals surface area contributed by atoms with Gasteiger partial charge in [-0.1, -0.05) is 39.5 Å². The van der Waals surface area contributed by atoms with Crippen LogP contribution in [-0.4, -0.2) is 48.0 Å². The molecule has 0 heterocycles. The van der Waals surface area contributed by atoms with Crippen molar-refractivity contribution in [3.63, 3.8) is 0 Å². The first-order valence-corrected chi connectivity index (χ1v) is 9.69. The Morgan fingerprint density at radius 1 is 1.24 bits per heavy atom. The maximum atomic E-state index is 12.1. The largest absolute Gasteiger partial charge is 1.00 e. The number of aliphatic carboxylic acids is 1. The molecule has 0 aromatic rings. The molecule has 0 aliphatic heterocycles. The number of carboxylic acid groups (broad SMARTS) is 1. The predicted molar refractivity (Wildman–Crippen MR) is 84.5 cm³/mol. The van der Waals surface area contributed by atoms with Gasteiger partial charge in [-0.05, 0) is 18.8 Å². The van der Waals surface area contributed by atoms with E-state index in [1.54, 1.807) is 0 Å². The number of carbonyl (C=O) groups excluding carboxylic acids is 2. The Morgan fingerprint density at radius 2 is 1.84 bits per heavy atom. The molecule has 0 saturated heterocycles. The summed E-state index contributed by atoms with van der Waals surface area (Å²) < 4.78 is 34.6. The van der Waals surface area contributed by atoms with Crippen LogP contribution in [-0.2, 0) is 24.4 Å². The number of aliphatic hydroxyl groups is 1. The van der Waals surface area contributed by atoms with Crippen molar-refractivity contribution in [1.82, 2.24) is 0 Å². The molecule has 0 aromatic heterocycles. The van der Waals surface area contributed by atoms with Crippen LogP contribution in [0.3, 0.4) is 0 Å². The molecule has 0 aromatic carbocycles. The summed E-state index contributed by atoms with van der Waals surface area (Å²) in [6.45, 7) is 3.54. The molecule has 8 nitrogen and oxygen atoms in total. The van der Waals surface area contributed by atoms with Crippen LogP contribution in [0.15, 0.2) is 0 Å². The van der Waals surface area contributed by atoms with Crippen LogP contribution in [0.2, 0.25) is 0 Å². The molecule has 0 radical (unpaired) electrons. The van der Waals surface area contributed by atoms with Crippen molar-refractivity contribution in [2.45, 2.75) is 64.4 Å². The van der Waals surface area contributed by atoms with Gasteiger partial charge in [0.05, 0.1) is 12.4 Å². The minimum Gasteiger partial charge on any atom is -0.550 e. The fourth-order valence-corrected chi connectivity index (χ4v) is 2.91. The van der Waals surface area contributed by atoms with Crippen molar-refractivity contribution in [3.05, 3.63) is 0 Å². The summed E-state index contributed by atoms with van der Waals surface area (Å²) in [4.78, 5) is 22.9. The zero-order valence-electron chi connectivity index (χ0n) is 15.2. The molecular weight excluding hydrogens is 363 g/mol. The molecule has 0 rings (SSSR count). The van der Waals surface area contributed by atoms with E-state index >= 15 is 0 Å². The van der Waals surface area contributed by atoms with Crippen molar-refractivity contribution in [2.75, 3.05) is 12.4 Å². The smallest absolute Gasteiger partial charge is 0.550 e. The van der Waals surface area contributed by atoms with Crippen LogP contribution in [0.4, 0.5) is 0 Å². The number of hydrogen-bond acceptors (Lipinski definition) is 7. The average molecular weight is 390 g/mol. The minimum atomic E-state index is -4.17. The minimum absolute atomic E-state index is 0. The number of carbonyl (C=O) groups is 2. The van der Waals surface area contributed by atoms with Gasteiger partial charge in [0.2, 0.25) is 0 Å². The van der Waals surface area contributed by atoms with Crippen LogP contribution < -0.4 is 34.7 Å². The standard InChI is InChI=1S/C15H28O8S.Na/c1-3-5-7-12(4-2)10-15(19,11-13(16)17)14(18)23-8-6-9-24(20,21)22;/h12,19H,3-11H2,1-2H3,(H,16,17)(H,20,21,22);/q;+1/p-1. The Bertz CT molecular complexity index is 508. The number of carboxylic acids is 1. The van der Waals surface area contributed by atoms with E-state index in [2.05, 4.69) is 0 Å². The molecule has 0 fully saturated rings. The molecule has 142 valence electrons. The number of unbranched alkanes of at least 4 members (excludes halogenated alkanes) is 1. The third kappa shape index (κ3) is 12.7. The second-order valence-corrected chi connectivity index (χ2v) is 7.55. The quantitative estimate of drug-likeness (QED) is 0.150. The van der Waals surface area contributed by atoms with E-state index in [9.17, 15) is 28.2 Å². The number of hydrogen-bond donors (Lipinski definition) is 2. The average Bonchev–Trinajstić information content (AvgIpc) is 2.45. The van der Waals surface area contributed by atoms with Crippen molar-refractivity contribution < 1.29 is 67.1 Å². The molecule has 2 N–H and O–H groups in total. The van der Waals surface area contributed by atoms with E-state index in [4.69, 9.17) is 9.29 Å². The van der Waals surface area contributed by atoms with Gasteiger partial charge in [0, 0.05) is 12.4 Å². The van der Waals surface area contributed by atoms with E-state index < -0.39 is 39.8 Å². The fraction of sp³-hybridized carbons (Fsp3) is 0.867. The molecule has 0 amide bonds. The maximum absolute atomic E-state index is 12.1. The van der Waals surface area contributed by atoms with Crippen molar-refractivity contribution >= 4 is 22.1 Å². The Balaban J connectivity index is 0. The zero-order chi connectivity index (χ0) is 18.8. The SMILES string of the molecule is CCCCC(CC)CC(O)(CC(=O)[O-])C(=O)OCCCS(=O)(=O)O.[Na+]. The summed E-state index contributed by atoms with van der Waals surface area (Å²) in [5.41, 5.74) is -2.20. The normalized spacial score (nSPS) is 14.9. The maximum Gasteiger partial charge on any atom is 1.00 e. The summed E-state index contributed by atoms with van der Waals surface area (Å²) >= 11 is 0. The number of rotatable bonds is 13. The number of esters is 1. The second kappa shape index (κ2) is 13.1. The molecule has 10 heteroatoms. The molecule has 0 spiro atoms. The van der Waals surface area contributed by atoms with Crippen LogP contribution in [0.1, 0.15) is 58.8 Å². The molecule has 0 aliphatic rings. The molecule has 0 aliphatic carbocycles. The van der Waals surface area contributed by atoms with Crippen LogP contribution in [0.5, 0.6) is 0 Å². The van der Waals surface area contributed by atoms with Gasteiger partial charge >= 0.3 is 35.5 Å². The third-order valence-corrected chi connectivity index (χ3v) is 4.57. The van der Waals surface area contributed by atoms with E-state index in [0.29, 0.717) is 6.42 Å². The van der Waals surface area contributed by atoms with Gasteiger partial charge in [0.25, 0.3) is 10.1 Å². The van der Waals surface area contributed by atoms with Crippen molar-refractivity contribution in [1.29, 1.82) is 0 Å². The summed E-state index contributed by atoms with van der Waals surface area (Å²) in [7, 11) is -4.17. The molecule has 2 atom stereocenters. The fourth-order valence-electron chi connectivity index (χ4n) is 2.43. The third-order valence-electron chi connectivity index (χ3n) is 3.77. The van der Waals surface area contributed by atoms with Crippen LogP contribution in [0.25, 0.3) is 0 Å². The van der Waals surface area contributed by atoms with Gasteiger partial charge in [-0.2, -0.15) is 8.42 Å². The predicted octanol–water partition coefficient (Wildman–Crippen LogP) is -2.71. The second-order valence-electron chi connectivity index (χ2n) is 5.98. The molecule has 0 bridgehead atoms. The number of ether oxygens (including phenoxy) is 1. The van der Waals surface area contributed by atoms with Gasteiger partial charge < -0.3 is 19.7 Å². The van der Waals surface area contributed by atoms with E-state index in [0.717, 1.165) is 19.3 Å². The Kier molecular flexibility index (Phi) is 14.1. The Hall–Kier alpha value is -0.190. The Morgan fingerprint density at radius 3 is 2.28 bits per heavy atom. The van der Waals surface area contributed by atoms with E-state index in [1.165, 1.54) is 0 Å². The topological polar surface area (TPSA) is 141 Å². The van der Waals surface area contributed by atoms with Crippen molar-refractivity contribution in [2.24, 2.45) is 5.92 Å². The molecule has 25 heavy (non-hydrogen) atoms. The molecule has 2 unspecified atom stereocenters. The Labute approximate surface area is 171 Å². The van der Waals surface area contributed by atoms with Gasteiger partial charge in [0.1, 0.15) is 0 Å².